The zero-order chi connectivity index (χ0) is 24.8. The zero-order valence-electron chi connectivity index (χ0n) is 17.3. The Bertz CT molecular complexity index is 1210. The average molecular weight is 466 g/mol. The van der Waals surface area contributed by atoms with E-state index in [9.17, 15) is 27.9 Å². The van der Waals surface area contributed by atoms with Gasteiger partial charge in [0, 0.05) is 11.6 Å². The molecule has 0 fully saturated rings. The van der Waals surface area contributed by atoms with E-state index in [0.717, 1.165) is 5.56 Å². The van der Waals surface area contributed by atoms with Crippen LogP contribution in [0.1, 0.15) is 30.4 Å². The van der Waals surface area contributed by atoms with Crippen molar-refractivity contribution in [3.05, 3.63) is 70.1 Å². The second-order valence-corrected chi connectivity index (χ2v) is 6.79. The number of carboxylic acid groups (broad SMARTS) is 1. The van der Waals surface area contributed by atoms with Crippen molar-refractivity contribution in [2.24, 2.45) is 5.73 Å². The van der Waals surface area contributed by atoms with Crippen molar-refractivity contribution in [1.82, 2.24) is 0 Å². The van der Waals surface area contributed by atoms with Gasteiger partial charge in [0.05, 0.1) is 17.5 Å². The summed E-state index contributed by atoms with van der Waals surface area (Å²) in [5.74, 6) is -3.50. The molecule has 11 heteroatoms. The van der Waals surface area contributed by atoms with Gasteiger partial charge in [0.1, 0.15) is 11.3 Å². The van der Waals surface area contributed by atoms with Crippen LogP contribution in [0.2, 0.25) is 0 Å². The number of carbonyl (C=O) groups excluding carboxylic acids is 1. The normalized spacial score (nSPS) is 11.9. The van der Waals surface area contributed by atoms with Crippen LogP contribution in [0.4, 0.5) is 18.9 Å². The Hall–Kier alpha value is -3.86. The minimum Gasteiger partial charge on any atom is -0.507 e. The van der Waals surface area contributed by atoms with Gasteiger partial charge in [0.15, 0.2) is 0 Å². The summed E-state index contributed by atoms with van der Waals surface area (Å²) in [4.78, 5) is 32.9. The van der Waals surface area contributed by atoms with Crippen molar-refractivity contribution < 1.29 is 37.4 Å². The molecular weight excluding hydrogens is 445 g/mol. The highest BCUT2D eigenvalue weighted by molar-refractivity contribution is 5.92. The van der Waals surface area contributed by atoms with Crippen LogP contribution >= 0.6 is 0 Å². The Labute approximate surface area is 185 Å². The molecule has 2 aromatic carbocycles. The van der Waals surface area contributed by atoms with Crippen molar-refractivity contribution in [2.45, 2.75) is 25.4 Å². The summed E-state index contributed by atoms with van der Waals surface area (Å²) in [7, 11) is 0. The number of carbonyl (C=O) groups is 2. The molecule has 1 heterocycles. The first-order valence-corrected chi connectivity index (χ1v) is 9.64. The van der Waals surface area contributed by atoms with Crippen LogP contribution in [0.3, 0.4) is 0 Å². The first kappa shape index (κ1) is 25.4. The fraction of sp³-hybridized carbons (Fsp3) is 0.227. The molecule has 0 radical (unpaired) electrons. The summed E-state index contributed by atoms with van der Waals surface area (Å²) in [5, 5.41) is 21.0. The van der Waals surface area contributed by atoms with Gasteiger partial charge in [0.2, 0.25) is 5.91 Å². The number of nitrogens with two attached hydrogens (primary N) is 1. The SMILES string of the molecule is CCC(c1cccc(NC(=O)CN)c1)c1c(O)c2ccccc2oc1=O.O=C(O)C(F)(F)F. The molecule has 33 heavy (non-hydrogen) atoms. The number of para-hydroxylation sites is 1. The number of aromatic hydroxyl groups is 1. The number of anilines is 1. The molecule has 3 aromatic rings. The summed E-state index contributed by atoms with van der Waals surface area (Å²) in [5.41, 5.74) is 6.70. The van der Waals surface area contributed by atoms with E-state index < -0.39 is 17.8 Å². The molecule has 0 saturated heterocycles. The van der Waals surface area contributed by atoms with E-state index in [2.05, 4.69) is 5.32 Å². The van der Waals surface area contributed by atoms with Gasteiger partial charge in [-0.15, -0.1) is 0 Å². The third-order valence-corrected chi connectivity index (χ3v) is 4.58. The lowest BCUT2D eigenvalue weighted by atomic mass is 9.88. The van der Waals surface area contributed by atoms with E-state index in [4.69, 9.17) is 20.1 Å². The summed E-state index contributed by atoms with van der Waals surface area (Å²) in [6, 6.07) is 14.0. The third kappa shape index (κ3) is 6.32. The van der Waals surface area contributed by atoms with Crippen molar-refractivity contribution >= 4 is 28.5 Å². The lowest BCUT2D eigenvalue weighted by molar-refractivity contribution is -0.192. The number of nitrogens with one attached hydrogen (secondary N) is 1. The molecule has 1 atom stereocenters. The maximum absolute atomic E-state index is 12.5. The highest BCUT2D eigenvalue weighted by Gasteiger charge is 2.38. The number of rotatable bonds is 5. The molecule has 0 aliphatic rings. The molecule has 1 aromatic heterocycles. The zero-order valence-corrected chi connectivity index (χ0v) is 17.3. The highest BCUT2D eigenvalue weighted by Crippen LogP contribution is 2.36. The number of aliphatic carboxylic acids is 1. The number of benzene rings is 2. The molecule has 8 nitrogen and oxygen atoms in total. The van der Waals surface area contributed by atoms with Gasteiger partial charge in [0.25, 0.3) is 0 Å². The average Bonchev–Trinajstić information content (AvgIpc) is 2.76. The number of hydrogen-bond donors (Lipinski definition) is 4. The van der Waals surface area contributed by atoms with Gasteiger partial charge < -0.3 is 25.7 Å². The molecule has 0 saturated carbocycles. The molecule has 5 N–H and O–H groups in total. The van der Waals surface area contributed by atoms with Crippen LogP contribution in [0.25, 0.3) is 11.0 Å². The smallest absolute Gasteiger partial charge is 0.490 e. The van der Waals surface area contributed by atoms with E-state index >= 15 is 0 Å². The Morgan fingerprint density at radius 2 is 1.79 bits per heavy atom. The minimum absolute atomic E-state index is 0.0694. The summed E-state index contributed by atoms with van der Waals surface area (Å²) < 4.78 is 37.1. The number of carboxylic acids is 1. The molecular formula is C22H21F3N2O6. The van der Waals surface area contributed by atoms with Crippen molar-refractivity contribution in [1.29, 1.82) is 0 Å². The predicted molar refractivity (Wildman–Crippen MR) is 114 cm³/mol. The van der Waals surface area contributed by atoms with Crippen LogP contribution in [0, 0.1) is 0 Å². The van der Waals surface area contributed by atoms with Crippen molar-refractivity contribution in [3.8, 4) is 5.75 Å². The molecule has 1 amide bonds. The van der Waals surface area contributed by atoms with Crippen molar-refractivity contribution in [3.63, 3.8) is 0 Å². The maximum Gasteiger partial charge on any atom is 0.490 e. The van der Waals surface area contributed by atoms with Gasteiger partial charge in [-0.05, 0) is 36.2 Å². The van der Waals surface area contributed by atoms with E-state index in [1.807, 2.05) is 13.0 Å². The van der Waals surface area contributed by atoms with Crippen LogP contribution in [-0.2, 0) is 9.59 Å². The van der Waals surface area contributed by atoms with E-state index in [0.29, 0.717) is 23.1 Å². The number of alkyl halides is 3. The van der Waals surface area contributed by atoms with E-state index in [1.54, 1.807) is 42.5 Å². The standard InChI is InChI=1S/C20H20N2O4.C2HF3O2/c1-2-14(12-6-5-7-13(10-12)22-17(23)11-21)18-19(24)15-8-3-4-9-16(15)26-20(18)25;3-2(4,5)1(6)7/h3-10,14,24H,2,11,21H2,1H3,(H,22,23);(H,6,7). The quantitative estimate of drug-likeness (QED) is 0.421. The van der Waals surface area contributed by atoms with Gasteiger partial charge >= 0.3 is 17.8 Å². The van der Waals surface area contributed by atoms with E-state index in [1.165, 1.54) is 0 Å². The Morgan fingerprint density at radius 1 is 1.15 bits per heavy atom. The van der Waals surface area contributed by atoms with Gasteiger partial charge in [-0.25, -0.2) is 9.59 Å². The summed E-state index contributed by atoms with van der Waals surface area (Å²) in [6.45, 7) is 1.81. The lowest BCUT2D eigenvalue weighted by Gasteiger charge is -2.18. The van der Waals surface area contributed by atoms with E-state index in [-0.39, 0.29) is 29.7 Å². The second-order valence-electron chi connectivity index (χ2n) is 6.79. The molecule has 0 spiro atoms. The largest absolute Gasteiger partial charge is 0.507 e. The van der Waals surface area contributed by atoms with Crippen LogP contribution < -0.4 is 16.7 Å². The summed E-state index contributed by atoms with van der Waals surface area (Å²) >= 11 is 0. The molecule has 0 bridgehead atoms. The Balaban J connectivity index is 0.000000479. The van der Waals surface area contributed by atoms with Gasteiger partial charge in [-0.1, -0.05) is 31.2 Å². The summed E-state index contributed by atoms with van der Waals surface area (Å²) in [6.07, 6.45) is -4.51. The number of amides is 1. The number of halogens is 3. The molecule has 1 unspecified atom stereocenters. The topological polar surface area (TPSA) is 143 Å². The molecule has 0 aliphatic carbocycles. The number of hydrogen-bond acceptors (Lipinski definition) is 6. The first-order valence-electron chi connectivity index (χ1n) is 9.64. The third-order valence-electron chi connectivity index (χ3n) is 4.58. The maximum atomic E-state index is 12.5. The molecule has 3 rings (SSSR count). The molecule has 0 aliphatic heterocycles. The lowest BCUT2D eigenvalue weighted by Crippen LogP contribution is -2.22. The minimum atomic E-state index is -5.08. The second kappa shape index (κ2) is 10.6. The Morgan fingerprint density at radius 3 is 2.36 bits per heavy atom. The highest BCUT2D eigenvalue weighted by atomic mass is 19.4. The van der Waals surface area contributed by atoms with Crippen LogP contribution in [-0.4, -0.2) is 34.8 Å². The number of fused-ring (bicyclic) bond motifs is 1. The van der Waals surface area contributed by atoms with Crippen LogP contribution in [0.15, 0.2) is 57.7 Å². The monoisotopic (exact) mass is 466 g/mol. The van der Waals surface area contributed by atoms with Crippen molar-refractivity contribution in [2.75, 3.05) is 11.9 Å². The van der Waals surface area contributed by atoms with Gasteiger partial charge in [-0.3, -0.25) is 4.79 Å². The fourth-order valence-electron chi connectivity index (χ4n) is 3.11. The Kier molecular flexibility index (Phi) is 8.19. The predicted octanol–water partition coefficient (Wildman–Crippen LogP) is 3.57. The first-order chi connectivity index (χ1) is 15.5. The van der Waals surface area contributed by atoms with Gasteiger partial charge in [-0.2, -0.15) is 13.2 Å². The molecule has 176 valence electrons. The van der Waals surface area contributed by atoms with Crippen LogP contribution in [0.5, 0.6) is 5.75 Å². The fourth-order valence-corrected chi connectivity index (χ4v) is 3.11.